The summed E-state index contributed by atoms with van der Waals surface area (Å²) in [5.74, 6) is -0.481. The van der Waals surface area contributed by atoms with E-state index < -0.39 is 12.0 Å². The number of nitrogens with one attached hydrogen (secondary N) is 1. The van der Waals surface area contributed by atoms with Gasteiger partial charge in [-0.3, -0.25) is 9.59 Å². The minimum atomic E-state index is -0.713. The molecule has 0 aliphatic heterocycles. The monoisotopic (exact) mass is 402 g/mol. The van der Waals surface area contributed by atoms with Gasteiger partial charge in [-0.1, -0.05) is 13.8 Å². The zero-order valence-corrected chi connectivity index (χ0v) is 18.0. The molecule has 1 N–H and O–H groups in total. The predicted molar refractivity (Wildman–Crippen MR) is 109 cm³/mol. The lowest BCUT2D eigenvalue weighted by molar-refractivity contribution is 0.0518. The number of rotatable bonds is 9. The van der Waals surface area contributed by atoms with Gasteiger partial charge in [-0.2, -0.15) is 0 Å². The van der Waals surface area contributed by atoms with Crippen LogP contribution in [0.25, 0.3) is 0 Å². The van der Waals surface area contributed by atoms with Crippen LogP contribution < -0.4 is 0 Å². The number of carbonyl (C=O) groups excluding carboxylic acids is 3. The molecule has 7 heteroatoms. The van der Waals surface area contributed by atoms with Gasteiger partial charge in [-0.25, -0.2) is 4.79 Å². The maximum absolute atomic E-state index is 13.3. The van der Waals surface area contributed by atoms with Gasteiger partial charge >= 0.3 is 5.97 Å². The van der Waals surface area contributed by atoms with Crippen molar-refractivity contribution >= 4 is 17.7 Å². The van der Waals surface area contributed by atoms with Gasteiger partial charge in [0.05, 0.1) is 18.9 Å². The lowest BCUT2D eigenvalue weighted by atomic mass is 9.99. The molecule has 0 unspecified atom stereocenters. The topological polar surface area (TPSA) is 92.6 Å². The molecule has 0 saturated heterocycles. The number of esters is 1. The van der Waals surface area contributed by atoms with E-state index in [2.05, 4.69) is 18.8 Å². The van der Waals surface area contributed by atoms with Gasteiger partial charge in [0.25, 0.3) is 5.91 Å². The third-order valence-electron chi connectivity index (χ3n) is 4.95. The van der Waals surface area contributed by atoms with Crippen LogP contribution in [0.2, 0.25) is 0 Å². The third-order valence-corrected chi connectivity index (χ3v) is 4.95. The first kappa shape index (κ1) is 22.5. The summed E-state index contributed by atoms with van der Waals surface area (Å²) in [7, 11) is 0. The zero-order valence-electron chi connectivity index (χ0n) is 18.0. The maximum atomic E-state index is 13.3. The van der Waals surface area contributed by atoms with Crippen molar-refractivity contribution < 1.29 is 23.5 Å². The average Bonchev–Trinajstić information content (AvgIpc) is 3.29. The molecule has 0 aliphatic carbocycles. The largest absolute Gasteiger partial charge is 0.461 e. The molecule has 2 heterocycles. The Hall–Kier alpha value is -2.83. The molecule has 0 bridgehead atoms. The van der Waals surface area contributed by atoms with Crippen LogP contribution in [0.5, 0.6) is 0 Å². The number of ether oxygens (including phenoxy) is 1. The zero-order chi connectivity index (χ0) is 21.7. The molecule has 7 nitrogen and oxygen atoms in total. The highest BCUT2D eigenvalue weighted by atomic mass is 16.5. The van der Waals surface area contributed by atoms with Crippen LogP contribution in [0.15, 0.2) is 22.8 Å². The number of aromatic nitrogens is 1. The van der Waals surface area contributed by atoms with Gasteiger partial charge in [-0.15, -0.1) is 0 Å². The Morgan fingerprint density at radius 2 is 1.90 bits per heavy atom. The number of furan rings is 1. The van der Waals surface area contributed by atoms with Gasteiger partial charge in [0.15, 0.2) is 11.5 Å². The summed E-state index contributed by atoms with van der Waals surface area (Å²) in [4.78, 5) is 43.0. The fourth-order valence-corrected chi connectivity index (χ4v) is 3.29. The summed E-state index contributed by atoms with van der Waals surface area (Å²) < 4.78 is 10.3. The van der Waals surface area contributed by atoms with E-state index in [9.17, 15) is 14.4 Å². The summed E-state index contributed by atoms with van der Waals surface area (Å²) >= 11 is 0. The lowest BCUT2D eigenvalue weighted by Gasteiger charge is -2.28. The Morgan fingerprint density at radius 1 is 1.21 bits per heavy atom. The second-order valence-corrected chi connectivity index (χ2v) is 7.54. The van der Waals surface area contributed by atoms with Crippen LogP contribution in [0.3, 0.4) is 0 Å². The summed E-state index contributed by atoms with van der Waals surface area (Å²) in [5, 5.41) is 0. The van der Waals surface area contributed by atoms with Gasteiger partial charge in [0.1, 0.15) is 5.69 Å². The number of hydrogen-bond donors (Lipinski definition) is 1. The molecule has 0 fully saturated rings. The van der Waals surface area contributed by atoms with Crippen LogP contribution in [-0.2, 0) is 4.74 Å². The number of ketones is 1. The van der Waals surface area contributed by atoms with Crippen molar-refractivity contribution in [2.24, 2.45) is 5.92 Å². The summed E-state index contributed by atoms with van der Waals surface area (Å²) in [5.41, 5.74) is 1.80. The van der Waals surface area contributed by atoms with E-state index in [1.165, 1.54) is 11.2 Å². The number of H-pyrrole nitrogens is 1. The summed E-state index contributed by atoms with van der Waals surface area (Å²) in [6.45, 7) is 11.7. The molecule has 2 rings (SSSR count). The molecular weight excluding hydrogens is 372 g/mol. The molecule has 29 heavy (non-hydrogen) atoms. The molecule has 0 aliphatic rings. The molecular formula is C22H30N2O5. The van der Waals surface area contributed by atoms with E-state index >= 15 is 0 Å². The van der Waals surface area contributed by atoms with Crippen molar-refractivity contribution in [3.8, 4) is 0 Å². The van der Waals surface area contributed by atoms with Crippen LogP contribution in [0.4, 0.5) is 0 Å². The number of hydrogen-bond acceptors (Lipinski definition) is 5. The summed E-state index contributed by atoms with van der Waals surface area (Å²) in [6, 6.07) is 2.52. The van der Waals surface area contributed by atoms with Gasteiger partial charge in [0, 0.05) is 17.8 Å². The van der Waals surface area contributed by atoms with Gasteiger partial charge in [0.2, 0.25) is 0 Å². The van der Waals surface area contributed by atoms with E-state index in [-0.39, 0.29) is 29.8 Å². The highest BCUT2D eigenvalue weighted by Crippen LogP contribution is 2.23. The Labute approximate surface area is 171 Å². The Bertz CT molecular complexity index is 864. The molecule has 0 spiro atoms. The number of nitrogens with zero attached hydrogens (tertiary/aromatic N) is 1. The third kappa shape index (κ3) is 4.96. The average molecular weight is 402 g/mol. The van der Waals surface area contributed by atoms with Crippen molar-refractivity contribution in [2.45, 2.75) is 54.0 Å². The Kier molecular flexibility index (Phi) is 7.42. The number of carbonyl (C=O) groups is 3. The maximum Gasteiger partial charge on any atom is 0.355 e. The minimum absolute atomic E-state index is 0.197. The quantitative estimate of drug-likeness (QED) is 0.502. The molecule has 0 radical (unpaired) electrons. The van der Waals surface area contributed by atoms with E-state index in [0.29, 0.717) is 29.3 Å². The van der Waals surface area contributed by atoms with Crippen molar-refractivity contribution in [1.29, 1.82) is 0 Å². The fourth-order valence-electron chi connectivity index (χ4n) is 3.29. The van der Waals surface area contributed by atoms with Crippen molar-refractivity contribution in [3.63, 3.8) is 0 Å². The smallest absolute Gasteiger partial charge is 0.355 e. The van der Waals surface area contributed by atoms with Crippen molar-refractivity contribution in [3.05, 3.63) is 46.7 Å². The predicted octanol–water partition coefficient (Wildman–Crippen LogP) is 4.16. The number of aromatic amines is 1. The van der Waals surface area contributed by atoms with Crippen molar-refractivity contribution in [1.82, 2.24) is 9.88 Å². The normalized spacial score (nSPS) is 12.1. The first-order valence-corrected chi connectivity index (χ1v) is 9.93. The van der Waals surface area contributed by atoms with E-state index in [0.717, 1.165) is 6.42 Å². The fraction of sp³-hybridized carbons (Fsp3) is 0.500. The van der Waals surface area contributed by atoms with Gasteiger partial charge in [-0.05, 0) is 57.7 Å². The lowest BCUT2D eigenvalue weighted by Crippen LogP contribution is -2.44. The molecule has 1 amide bonds. The van der Waals surface area contributed by atoms with Crippen molar-refractivity contribution in [2.75, 3.05) is 13.2 Å². The van der Waals surface area contributed by atoms with Crippen LogP contribution in [0, 0.1) is 19.8 Å². The minimum Gasteiger partial charge on any atom is -0.461 e. The van der Waals surface area contributed by atoms with Crippen LogP contribution >= 0.6 is 0 Å². The standard InChI is InChI=1S/C22H30N2O5/c1-7-28-22(27)19-14(4)18(15(5)23-19)20(25)16(6)24(11-10-13(2)3)21(26)17-9-8-12-29-17/h8-9,12-13,16,23H,7,10-11H2,1-6H3/t16-/m0/s1. The summed E-state index contributed by atoms with van der Waals surface area (Å²) in [6.07, 6.45) is 2.19. The SMILES string of the molecule is CCOC(=O)c1[nH]c(C)c(C(=O)[C@H](C)N(CCC(C)C)C(=O)c2ccco2)c1C. The first-order chi connectivity index (χ1) is 13.7. The van der Waals surface area contributed by atoms with E-state index in [1.54, 1.807) is 39.8 Å². The molecule has 1 atom stereocenters. The molecule has 2 aromatic heterocycles. The Balaban J connectivity index is 2.35. The number of aryl methyl sites for hydroxylation is 1. The first-order valence-electron chi connectivity index (χ1n) is 9.93. The number of amides is 1. The van der Waals surface area contributed by atoms with Crippen LogP contribution in [0.1, 0.15) is 76.8 Å². The second-order valence-electron chi connectivity index (χ2n) is 7.54. The van der Waals surface area contributed by atoms with Crippen LogP contribution in [-0.4, -0.2) is 46.7 Å². The Morgan fingerprint density at radius 3 is 2.45 bits per heavy atom. The molecule has 0 aromatic carbocycles. The molecule has 158 valence electrons. The molecule has 2 aromatic rings. The van der Waals surface area contributed by atoms with Gasteiger partial charge < -0.3 is 19.0 Å². The molecule has 0 saturated carbocycles. The van der Waals surface area contributed by atoms with E-state index in [1.807, 2.05) is 0 Å². The van der Waals surface area contributed by atoms with E-state index in [4.69, 9.17) is 9.15 Å². The number of Topliss-reactive ketones (excluding diaryl/α,β-unsaturated/α-hetero) is 1. The highest BCUT2D eigenvalue weighted by molar-refractivity contribution is 6.07. The highest BCUT2D eigenvalue weighted by Gasteiger charge is 2.32. The second kappa shape index (κ2) is 9.58.